The first-order valence-electron chi connectivity index (χ1n) is 2.02. The van der Waals surface area contributed by atoms with Gasteiger partial charge in [0.2, 0.25) is 15.5 Å². The molecule has 0 aromatic heterocycles. The Balaban J connectivity index is -0.0000000184. The number of halogens is 6. The van der Waals surface area contributed by atoms with E-state index in [1.54, 1.807) is 0 Å². The molecule has 0 atom stereocenters. The SMILES string of the molecule is [Na+].[Na+].[Na+].[O-]B(Cl)Br.[O-]B(Cl)Br.[O-]B(Cl)Br. The summed E-state index contributed by atoms with van der Waals surface area (Å²) < 4.78 is 0. The van der Waals surface area contributed by atoms with Gasteiger partial charge in [0.25, 0.3) is 0 Å². The molecule has 0 bridgehead atoms. The average Bonchev–Trinajstić information content (AvgIpc) is 1.54. The Kier molecular flexibility index (Phi) is 78.1. The minimum Gasteiger partial charge on any atom is -0.857 e. The maximum Gasteiger partial charge on any atom is 1.00 e. The summed E-state index contributed by atoms with van der Waals surface area (Å²) in [6, 6.07) is 0. The van der Waals surface area contributed by atoms with Gasteiger partial charge in [0.05, 0.1) is 0 Å². The van der Waals surface area contributed by atoms with E-state index in [1.807, 2.05) is 0 Å². The Bertz CT molecular complexity index is 63.4. The quantitative estimate of drug-likeness (QED) is 0.314. The zero-order chi connectivity index (χ0) is 10.7. The monoisotopic (exact) mass is 492 g/mol. The van der Waals surface area contributed by atoms with Crippen molar-refractivity contribution in [1.29, 1.82) is 0 Å². The van der Waals surface area contributed by atoms with Gasteiger partial charge in [-0.2, -0.15) is 47.3 Å². The Morgan fingerprint density at radius 3 is 0.600 bits per heavy atom. The third-order valence-electron chi connectivity index (χ3n) is 0. The second-order valence-corrected chi connectivity index (χ2v) is 6.05. The number of hydrogen-bond donors (Lipinski definition) is 0. The molecule has 0 aliphatic carbocycles. The van der Waals surface area contributed by atoms with Gasteiger partial charge < -0.3 is 15.1 Å². The van der Waals surface area contributed by atoms with E-state index in [1.165, 1.54) is 0 Å². The Morgan fingerprint density at radius 2 is 0.600 bits per heavy atom. The first kappa shape index (κ1) is 37.0. The van der Waals surface area contributed by atoms with E-state index in [4.69, 9.17) is 0 Å². The van der Waals surface area contributed by atoms with Crippen LogP contribution in [-0.2, 0) is 0 Å². The second-order valence-electron chi connectivity index (χ2n) is 0.782. The van der Waals surface area contributed by atoms with Crippen molar-refractivity contribution < 1.29 is 104 Å². The topological polar surface area (TPSA) is 69.2 Å². The molecule has 3 nitrogen and oxygen atoms in total. The molecule has 72 valence electrons. The van der Waals surface area contributed by atoms with E-state index >= 15 is 0 Å². The van der Waals surface area contributed by atoms with Gasteiger partial charge in [-0.1, -0.05) is 0 Å². The van der Waals surface area contributed by atoms with Gasteiger partial charge in [0, 0.05) is 0 Å². The molecule has 0 spiro atoms. The Morgan fingerprint density at radius 1 is 0.600 bits per heavy atom. The van der Waals surface area contributed by atoms with Crippen molar-refractivity contribution in [3.63, 3.8) is 0 Å². The average molecular weight is 495 g/mol. The number of rotatable bonds is 0. The molecule has 0 aliphatic rings. The number of hydrogen-bond acceptors (Lipinski definition) is 3. The van der Waals surface area contributed by atoms with E-state index < -0.39 is 15.5 Å². The first-order valence-corrected chi connectivity index (χ1v) is 6.07. The van der Waals surface area contributed by atoms with Crippen LogP contribution in [0.1, 0.15) is 0 Å². The normalized spacial score (nSPS) is 5.40. The summed E-state index contributed by atoms with van der Waals surface area (Å²) in [7, 11) is 0. The van der Waals surface area contributed by atoms with Crippen LogP contribution in [0.3, 0.4) is 0 Å². The molecule has 15 heavy (non-hydrogen) atoms. The van der Waals surface area contributed by atoms with E-state index in [0.29, 0.717) is 0 Å². The summed E-state index contributed by atoms with van der Waals surface area (Å²) >= 11 is 21.3. The molecular formula is B3Br3Cl3Na3O3. The van der Waals surface area contributed by atoms with Gasteiger partial charge in [-0.05, 0) is 0 Å². The summed E-state index contributed by atoms with van der Waals surface area (Å²) in [5.74, 6) is 0. The molecule has 0 aliphatic heterocycles. The van der Waals surface area contributed by atoms with Crippen molar-refractivity contribution in [3.05, 3.63) is 0 Å². The van der Waals surface area contributed by atoms with E-state index in [9.17, 15) is 15.1 Å². The maximum atomic E-state index is 9.21. The molecule has 0 amide bonds. The van der Waals surface area contributed by atoms with Gasteiger partial charge >= 0.3 is 88.7 Å². The van der Waals surface area contributed by atoms with Crippen LogP contribution in [0.25, 0.3) is 0 Å². The van der Waals surface area contributed by atoms with Crippen molar-refractivity contribution in [1.82, 2.24) is 0 Å². The fraction of sp³-hybridized carbons (Fsp3) is 0. The van der Waals surface area contributed by atoms with Crippen molar-refractivity contribution >= 4 is 97.1 Å². The van der Waals surface area contributed by atoms with E-state index in [0.717, 1.165) is 0 Å². The molecule has 0 aromatic rings. The third-order valence-corrected chi connectivity index (χ3v) is 0. The Labute approximate surface area is 196 Å². The maximum absolute atomic E-state index is 9.21. The van der Waals surface area contributed by atoms with Crippen LogP contribution in [0.4, 0.5) is 0 Å². The first-order chi connectivity index (χ1) is 5.20. The predicted octanol–water partition coefficient (Wildman–Crippen LogP) is -9.09. The van der Waals surface area contributed by atoms with Crippen LogP contribution in [0, 0.1) is 0 Å². The second kappa shape index (κ2) is 31.7. The van der Waals surface area contributed by atoms with Gasteiger partial charge in [0.15, 0.2) is 0 Å². The smallest absolute Gasteiger partial charge is 0.857 e. The molecule has 0 saturated heterocycles. The van der Waals surface area contributed by atoms with E-state index in [2.05, 4.69) is 81.7 Å². The third kappa shape index (κ3) is 202. The Hall–Kier alpha value is 5.38. The molecule has 0 heterocycles. The molecule has 0 N–H and O–H groups in total. The fourth-order valence-corrected chi connectivity index (χ4v) is 0. The van der Waals surface area contributed by atoms with Crippen molar-refractivity contribution in [2.24, 2.45) is 0 Å². The summed E-state index contributed by atoms with van der Waals surface area (Å²) in [6.07, 6.45) is 0. The predicted molar refractivity (Wildman–Crippen MR) is 61.6 cm³/mol. The minimum atomic E-state index is -1.13. The molecule has 0 aromatic carbocycles. The largest absolute Gasteiger partial charge is 1.00 e. The van der Waals surface area contributed by atoms with Crippen LogP contribution in [0.5, 0.6) is 0 Å². The minimum absolute atomic E-state index is 0. The van der Waals surface area contributed by atoms with Crippen molar-refractivity contribution in [2.75, 3.05) is 0 Å². The molecule has 0 rings (SSSR count). The van der Waals surface area contributed by atoms with Crippen LogP contribution in [-0.4, -0.2) is 15.5 Å². The zero-order valence-corrected chi connectivity index (χ0v) is 21.3. The van der Waals surface area contributed by atoms with Gasteiger partial charge in [-0.3, -0.25) is 0 Å². The van der Waals surface area contributed by atoms with E-state index in [-0.39, 0.29) is 88.7 Å². The van der Waals surface area contributed by atoms with Gasteiger partial charge in [-0.15, -0.1) is 0 Å². The summed E-state index contributed by atoms with van der Waals surface area (Å²) in [5, 5.41) is 24.2. The summed E-state index contributed by atoms with van der Waals surface area (Å²) in [6.45, 7) is 0. The molecule has 0 fully saturated rings. The summed E-state index contributed by atoms with van der Waals surface area (Å²) in [5.41, 5.74) is 0. The summed E-state index contributed by atoms with van der Waals surface area (Å²) in [4.78, 5) is 0. The van der Waals surface area contributed by atoms with Crippen LogP contribution < -0.4 is 104 Å². The molecule has 15 heteroatoms. The molecule has 0 radical (unpaired) electrons. The van der Waals surface area contributed by atoms with Gasteiger partial charge in [-0.25, -0.2) is 34.4 Å². The van der Waals surface area contributed by atoms with Gasteiger partial charge in [0.1, 0.15) is 0 Å². The molecule has 0 unspecified atom stereocenters. The molecular weight excluding hydrogens is 495 g/mol. The fourth-order valence-electron chi connectivity index (χ4n) is 0. The zero-order valence-electron chi connectivity index (χ0n) is 8.22. The van der Waals surface area contributed by atoms with Crippen molar-refractivity contribution in [3.8, 4) is 0 Å². The van der Waals surface area contributed by atoms with Crippen LogP contribution in [0.15, 0.2) is 0 Å². The molecule has 0 saturated carbocycles. The van der Waals surface area contributed by atoms with Crippen molar-refractivity contribution in [2.45, 2.75) is 0 Å². The van der Waals surface area contributed by atoms with Crippen LogP contribution in [0.2, 0.25) is 0 Å². The van der Waals surface area contributed by atoms with Crippen LogP contribution >= 0.6 is 81.7 Å². The standard InChI is InChI=1S/3BBrClO.3Na/c3*2-1(3)4;;;/q3*-1;3*+1.